The Hall–Kier alpha value is -0.830. The second-order valence-electron chi connectivity index (χ2n) is 6.53. The normalized spacial score (nSPS) is 47.7. The number of allylic oxidation sites excluding steroid dienone is 1. The number of hydrogen-bond donors (Lipinski definition) is 1. The molecule has 18 heavy (non-hydrogen) atoms. The summed E-state index contributed by atoms with van der Waals surface area (Å²) in [5.74, 6) is 0.212. The van der Waals surface area contributed by atoms with E-state index in [-0.39, 0.29) is 29.8 Å². The summed E-state index contributed by atoms with van der Waals surface area (Å²) in [6, 6.07) is 0. The van der Waals surface area contributed by atoms with E-state index in [0.717, 1.165) is 25.7 Å². The fourth-order valence-corrected chi connectivity index (χ4v) is 4.17. The lowest BCUT2D eigenvalue weighted by Gasteiger charge is -2.32. The average Bonchev–Trinajstić information content (AvgIpc) is 2.69. The Morgan fingerprint density at radius 1 is 1.39 bits per heavy atom. The lowest BCUT2D eigenvalue weighted by Crippen LogP contribution is -2.40. The predicted molar refractivity (Wildman–Crippen MR) is 67.8 cm³/mol. The monoisotopic (exact) mass is 250 g/mol. The minimum Gasteiger partial charge on any atom is -0.461 e. The Morgan fingerprint density at radius 3 is 2.83 bits per heavy atom. The molecule has 0 unspecified atom stereocenters. The average molecular weight is 250 g/mol. The van der Waals surface area contributed by atoms with Crippen LogP contribution >= 0.6 is 0 Å². The number of rotatable bonds is 0. The minimum atomic E-state index is -0.714. The number of carbonyl (C=O) groups excluding carboxylic acids is 1. The van der Waals surface area contributed by atoms with Crippen molar-refractivity contribution in [1.82, 2.24) is 0 Å². The van der Waals surface area contributed by atoms with E-state index in [2.05, 4.69) is 6.92 Å². The number of carbonyl (C=O) groups is 1. The van der Waals surface area contributed by atoms with Gasteiger partial charge in [0.25, 0.3) is 0 Å². The van der Waals surface area contributed by atoms with Gasteiger partial charge in [0.1, 0.15) is 6.10 Å². The van der Waals surface area contributed by atoms with Crippen molar-refractivity contribution < 1.29 is 14.6 Å². The highest BCUT2D eigenvalue weighted by Gasteiger charge is 2.55. The minimum absolute atomic E-state index is 0.0152. The molecule has 3 nitrogen and oxygen atoms in total. The summed E-state index contributed by atoms with van der Waals surface area (Å²) in [7, 11) is 0. The molecule has 1 saturated heterocycles. The molecule has 1 N–H and O–H groups in total. The summed E-state index contributed by atoms with van der Waals surface area (Å²) >= 11 is 0. The molecule has 0 aromatic heterocycles. The van der Waals surface area contributed by atoms with Crippen LogP contribution in [0.4, 0.5) is 0 Å². The van der Waals surface area contributed by atoms with Gasteiger partial charge in [0.05, 0.1) is 11.5 Å². The van der Waals surface area contributed by atoms with Crippen molar-refractivity contribution in [1.29, 1.82) is 0 Å². The van der Waals surface area contributed by atoms with Crippen molar-refractivity contribution >= 4 is 5.97 Å². The number of ether oxygens (including phenoxy) is 1. The Labute approximate surface area is 108 Å². The van der Waals surface area contributed by atoms with Gasteiger partial charge in [-0.05, 0) is 39.5 Å². The second kappa shape index (κ2) is 3.83. The van der Waals surface area contributed by atoms with E-state index >= 15 is 0 Å². The van der Waals surface area contributed by atoms with Crippen LogP contribution in [-0.4, -0.2) is 22.8 Å². The van der Waals surface area contributed by atoms with Gasteiger partial charge in [0.2, 0.25) is 0 Å². The van der Waals surface area contributed by atoms with Crippen molar-refractivity contribution in [3.05, 3.63) is 11.1 Å². The lowest BCUT2D eigenvalue weighted by molar-refractivity contribution is -0.147. The van der Waals surface area contributed by atoms with Crippen LogP contribution < -0.4 is 0 Å². The third-order valence-electron chi connectivity index (χ3n) is 5.36. The third kappa shape index (κ3) is 1.56. The quantitative estimate of drug-likeness (QED) is 0.530. The first kappa shape index (κ1) is 12.2. The zero-order chi connectivity index (χ0) is 13.1. The summed E-state index contributed by atoms with van der Waals surface area (Å²) < 4.78 is 5.62. The molecule has 100 valence electrons. The smallest absolute Gasteiger partial charge is 0.309 e. The Kier molecular flexibility index (Phi) is 2.60. The van der Waals surface area contributed by atoms with Crippen LogP contribution in [0.1, 0.15) is 46.5 Å². The first-order chi connectivity index (χ1) is 8.42. The number of fused-ring (bicyclic) bond motifs is 3. The third-order valence-corrected chi connectivity index (χ3v) is 5.36. The van der Waals surface area contributed by atoms with Gasteiger partial charge in [-0.3, -0.25) is 4.79 Å². The highest BCUT2D eigenvalue weighted by molar-refractivity contribution is 5.75. The molecule has 3 aliphatic rings. The Bertz CT molecular complexity index is 421. The van der Waals surface area contributed by atoms with E-state index in [4.69, 9.17) is 4.74 Å². The molecule has 0 amide bonds. The second-order valence-corrected chi connectivity index (χ2v) is 6.53. The van der Waals surface area contributed by atoms with Gasteiger partial charge in [-0.25, -0.2) is 0 Å². The van der Waals surface area contributed by atoms with Crippen LogP contribution in [0.2, 0.25) is 0 Å². The first-order valence-corrected chi connectivity index (χ1v) is 7.03. The summed E-state index contributed by atoms with van der Waals surface area (Å²) in [4.78, 5) is 11.8. The SMILES string of the molecule is CC1=C2CC[C@@](C)(O)[C@@H]2[C@H]2OC(=O)[C@@H](C)[C@H]2CC1. The van der Waals surface area contributed by atoms with Crippen LogP contribution in [0.15, 0.2) is 11.1 Å². The molecule has 0 aromatic rings. The summed E-state index contributed by atoms with van der Waals surface area (Å²) in [6.07, 6.45) is 3.71. The molecule has 1 saturated carbocycles. The molecule has 3 rings (SSSR count). The number of aliphatic hydroxyl groups is 1. The van der Waals surface area contributed by atoms with E-state index in [1.54, 1.807) is 0 Å². The maximum atomic E-state index is 11.8. The van der Waals surface area contributed by atoms with Gasteiger partial charge in [-0.15, -0.1) is 0 Å². The van der Waals surface area contributed by atoms with Crippen LogP contribution in [0.25, 0.3) is 0 Å². The van der Waals surface area contributed by atoms with Gasteiger partial charge in [-0.2, -0.15) is 0 Å². The predicted octanol–water partition coefficient (Wildman–Crippen LogP) is 2.44. The van der Waals surface area contributed by atoms with Crippen molar-refractivity contribution in [3.8, 4) is 0 Å². The fourth-order valence-electron chi connectivity index (χ4n) is 4.17. The van der Waals surface area contributed by atoms with Gasteiger partial charge < -0.3 is 9.84 Å². The van der Waals surface area contributed by atoms with E-state index < -0.39 is 5.60 Å². The van der Waals surface area contributed by atoms with Crippen molar-refractivity contribution in [3.63, 3.8) is 0 Å². The lowest BCUT2D eigenvalue weighted by atomic mass is 9.78. The largest absolute Gasteiger partial charge is 0.461 e. The zero-order valence-corrected chi connectivity index (χ0v) is 11.4. The Balaban J connectivity index is 2.04. The molecule has 1 aliphatic heterocycles. The highest BCUT2D eigenvalue weighted by Crippen LogP contribution is 2.52. The Morgan fingerprint density at radius 2 is 2.11 bits per heavy atom. The van der Waals surface area contributed by atoms with E-state index in [0.29, 0.717) is 0 Å². The maximum Gasteiger partial charge on any atom is 0.309 e. The standard InChI is InChI=1S/C15H22O3/c1-8-4-5-11-9(2)14(16)18-13(11)12-10(8)6-7-15(12,3)17/h9,11-13,17H,4-7H2,1-3H3/t9-,11+,12-,13-,15+/m0/s1. The maximum absolute atomic E-state index is 11.8. The summed E-state index contributed by atoms with van der Waals surface area (Å²) in [6.45, 7) is 6.05. The molecule has 5 atom stereocenters. The van der Waals surface area contributed by atoms with Gasteiger partial charge >= 0.3 is 5.97 Å². The van der Waals surface area contributed by atoms with Gasteiger partial charge in [-0.1, -0.05) is 18.1 Å². The molecule has 0 radical (unpaired) electrons. The highest BCUT2D eigenvalue weighted by atomic mass is 16.6. The molecule has 1 heterocycles. The van der Waals surface area contributed by atoms with Crippen LogP contribution in [-0.2, 0) is 9.53 Å². The topological polar surface area (TPSA) is 46.5 Å². The van der Waals surface area contributed by atoms with Gasteiger partial charge in [0.15, 0.2) is 0 Å². The molecule has 0 bridgehead atoms. The molecule has 2 fully saturated rings. The van der Waals surface area contributed by atoms with E-state index in [1.165, 1.54) is 11.1 Å². The number of hydrogen-bond acceptors (Lipinski definition) is 3. The molecule has 0 spiro atoms. The van der Waals surface area contributed by atoms with E-state index in [1.807, 2.05) is 13.8 Å². The van der Waals surface area contributed by atoms with Gasteiger partial charge in [0, 0.05) is 11.8 Å². The zero-order valence-electron chi connectivity index (χ0n) is 11.4. The van der Waals surface area contributed by atoms with Crippen molar-refractivity contribution in [2.45, 2.75) is 58.2 Å². The molecule has 0 aromatic carbocycles. The van der Waals surface area contributed by atoms with Crippen LogP contribution in [0, 0.1) is 17.8 Å². The van der Waals surface area contributed by atoms with Crippen LogP contribution in [0.3, 0.4) is 0 Å². The molecule has 3 heteroatoms. The number of esters is 1. The molecular formula is C15H22O3. The fraction of sp³-hybridized carbons (Fsp3) is 0.800. The van der Waals surface area contributed by atoms with E-state index in [9.17, 15) is 9.90 Å². The van der Waals surface area contributed by atoms with Crippen molar-refractivity contribution in [2.75, 3.05) is 0 Å². The first-order valence-electron chi connectivity index (χ1n) is 7.03. The molecular weight excluding hydrogens is 228 g/mol. The summed E-state index contributed by atoms with van der Waals surface area (Å²) in [5, 5.41) is 10.6. The van der Waals surface area contributed by atoms with Crippen LogP contribution in [0.5, 0.6) is 0 Å². The molecule has 2 aliphatic carbocycles. The van der Waals surface area contributed by atoms with Crippen molar-refractivity contribution in [2.24, 2.45) is 17.8 Å². The summed E-state index contributed by atoms with van der Waals surface area (Å²) in [5.41, 5.74) is 2.05.